The smallest absolute Gasteiger partial charge is 0.248 e. The molecule has 6 heteroatoms. The predicted octanol–water partition coefficient (Wildman–Crippen LogP) is 1.41. The largest absolute Gasteiger partial charge is 0.368 e. The van der Waals surface area contributed by atoms with Gasteiger partial charge in [-0.3, -0.25) is 14.4 Å². The van der Waals surface area contributed by atoms with Crippen LogP contribution >= 0.6 is 0 Å². The average Bonchev–Trinajstić information content (AvgIpc) is 3.13. The summed E-state index contributed by atoms with van der Waals surface area (Å²) in [4.78, 5) is 16.7. The molecule has 0 radical (unpaired) electrons. The van der Waals surface area contributed by atoms with Gasteiger partial charge in [0.1, 0.15) is 6.61 Å². The zero-order chi connectivity index (χ0) is 16.1. The van der Waals surface area contributed by atoms with E-state index < -0.39 is 0 Å². The summed E-state index contributed by atoms with van der Waals surface area (Å²) in [5, 5.41) is 4.22. The maximum atomic E-state index is 12.3. The first-order chi connectivity index (χ1) is 11.2. The van der Waals surface area contributed by atoms with E-state index in [1.807, 2.05) is 22.8 Å². The standard InChI is InChI=1S/C17H28N4O2/c1-19-12-15(11-18-19)13-20-7-4-8-21(10-9-20)17(22)14-23-16-5-2-3-6-16/h11-12,16H,2-10,13-14H2,1H3. The summed E-state index contributed by atoms with van der Waals surface area (Å²) in [6.45, 7) is 4.76. The molecule has 0 unspecified atom stereocenters. The lowest BCUT2D eigenvalue weighted by molar-refractivity contribution is -0.137. The number of hydrogen-bond acceptors (Lipinski definition) is 4. The second-order valence-electron chi connectivity index (χ2n) is 6.75. The summed E-state index contributed by atoms with van der Waals surface area (Å²) < 4.78 is 7.60. The number of hydrogen-bond donors (Lipinski definition) is 0. The number of aromatic nitrogens is 2. The normalized spacial score (nSPS) is 20.8. The van der Waals surface area contributed by atoms with Crippen molar-refractivity contribution < 1.29 is 9.53 Å². The Kier molecular flexibility index (Phi) is 5.67. The van der Waals surface area contributed by atoms with Crippen molar-refractivity contribution in [1.29, 1.82) is 0 Å². The minimum Gasteiger partial charge on any atom is -0.368 e. The first-order valence-electron chi connectivity index (χ1n) is 8.80. The molecule has 0 N–H and O–H groups in total. The highest BCUT2D eigenvalue weighted by Gasteiger charge is 2.22. The van der Waals surface area contributed by atoms with E-state index in [1.54, 1.807) is 0 Å². The van der Waals surface area contributed by atoms with E-state index in [1.165, 1.54) is 18.4 Å². The Morgan fingerprint density at radius 2 is 2.04 bits per heavy atom. The van der Waals surface area contributed by atoms with Crippen LogP contribution in [-0.2, 0) is 23.1 Å². The Morgan fingerprint density at radius 1 is 1.22 bits per heavy atom. The molecule has 2 heterocycles. The van der Waals surface area contributed by atoms with Crippen molar-refractivity contribution >= 4 is 5.91 Å². The highest BCUT2D eigenvalue weighted by Crippen LogP contribution is 2.20. The number of rotatable bonds is 5. The van der Waals surface area contributed by atoms with Gasteiger partial charge >= 0.3 is 0 Å². The summed E-state index contributed by atoms with van der Waals surface area (Å²) >= 11 is 0. The Bertz CT molecular complexity index is 510. The van der Waals surface area contributed by atoms with Crippen LogP contribution in [-0.4, -0.2) is 64.4 Å². The van der Waals surface area contributed by atoms with Crippen LogP contribution in [0.25, 0.3) is 0 Å². The van der Waals surface area contributed by atoms with E-state index in [4.69, 9.17) is 4.74 Å². The van der Waals surface area contributed by atoms with Gasteiger partial charge in [-0.1, -0.05) is 12.8 Å². The van der Waals surface area contributed by atoms with Crippen molar-refractivity contribution in [2.45, 2.75) is 44.8 Å². The quantitative estimate of drug-likeness (QED) is 0.823. The minimum atomic E-state index is 0.153. The molecule has 0 aromatic carbocycles. The Balaban J connectivity index is 1.42. The molecular weight excluding hydrogens is 292 g/mol. The minimum absolute atomic E-state index is 0.153. The Labute approximate surface area is 138 Å². The number of carbonyl (C=O) groups excluding carboxylic acids is 1. The van der Waals surface area contributed by atoms with E-state index in [0.717, 1.165) is 52.0 Å². The lowest BCUT2D eigenvalue weighted by Gasteiger charge is -2.22. The molecule has 1 aliphatic heterocycles. The third-order valence-corrected chi connectivity index (χ3v) is 4.85. The molecule has 1 aliphatic carbocycles. The molecule has 2 aliphatic rings. The fraction of sp³-hybridized carbons (Fsp3) is 0.765. The van der Waals surface area contributed by atoms with Crippen molar-refractivity contribution in [2.24, 2.45) is 7.05 Å². The van der Waals surface area contributed by atoms with Crippen LogP contribution in [0.5, 0.6) is 0 Å². The van der Waals surface area contributed by atoms with Crippen LogP contribution in [0.4, 0.5) is 0 Å². The molecule has 0 spiro atoms. The van der Waals surface area contributed by atoms with Crippen molar-refractivity contribution in [3.63, 3.8) is 0 Å². The maximum absolute atomic E-state index is 12.3. The van der Waals surface area contributed by atoms with Gasteiger partial charge in [-0.15, -0.1) is 0 Å². The van der Waals surface area contributed by atoms with Crippen molar-refractivity contribution in [3.05, 3.63) is 18.0 Å². The molecule has 128 valence electrons. The van der Waals surface area contributed by atoms with Crippen LogP contribution < -0.4 is 0 Å². The van der Waals surface area contributed by atoms with Crippen molar-refractivity contribution in [2.75, 3.05) is 32.8 Å². The van der Waals surface area contributed by atoms with Gasteiger partial charge in [0.05, 0.1) is 12.3 Å². The molecule has 1 amide bonds. The van der Waals surface area contributed by atoms with Gasteiger partial charge in [-0.05, 0) is 19.3 Å². The first kappa shape index (κ1) is 16.5. The van der Waals surface area contributed by atoms with E-state index in [9.17, 15) is 4.79 Å². The second kappa shape index (κ2) is 7.93. The van der Waals surface area contributed by atoms with E-state index >= 15 is 0 Å². The molecule has 1 aromatic heterocycles. The first-order valence-corrected chi connectivity index (χ1v) is 8.80. The van der Waals surface area contributed by atoms with E-state index in [2.05, 4.69) is 16.2 Å². The van der Waals surface area contributed by atoms with Gasteiger partial charge in [0.15, 0.2) is 0 Å². The van der Waals surface area contributed by atoms with Gasteiger partial charge in [-0.25, -0.2) is 0 Å². The third kappa shape index (κ3) is 4.78. The predicted molar refractivity (Wildman–Crippen MR) is 87.9 cm³/mol. The van der Waals surface area contributed by atoms with Crippen LogP contribution in [0.3, 0.4) is 0 Å². The second-order valence-corrected chi connectivity index (χ2v) is 6.75. The number of ether oxygens (including phenoxy) is 1. The lowest BCUT2D eigenvalue weighted by atomic mass is 10.3. The summed E-state index contributed by atoms with van der Waals surface area (Å²) in [6, 6.07) is 0. The molecule has 2 fully saturated rings. The van der Waals surface area contributed by atoms with Gasteiger partial charge < -0.3 is 9.64 Å². The number of aryl methyl sites for hydroxylation is 1. The molecule has 1 aromatic rings. The molecule has 0 bridgehead atoms. The SMILES string of the molecule is Cn1cc(CN2CCCN(C(=O)COC3CCCC3)CC2)cn1. The average molecular weight is 320 g/mol. The molecule has 0 atom stereocenters. The summed E-state index contributed by atoms with van der Waals surface area (Å²) in [6.07, 6.45) is 10.0. The fourth-order valence-corrected chi connectivity index (χ4v) is 3.53. The van der Waals surface area contributed by atoms with Crippen molar-refractivity contribution in [1.82, 2.24) is 19.6 Å². The topological polar surface area (TPSA) is 50.6 Å². The molecule has 3 rings (SSSR count). The lowest BCUT2D eigenvalue weighted by Crippen LogP contribution is -2.37. The van der Waals surface area contributed by atoms with E-state index in [-0.39, 0.29) is 12.5 Å². The van der Waals surface area contributed by atoms with Crippen molar-refractivity contribution in [3.8, 4) is 0 Å². The molecule has 23 heavy (non-hydrogen) atoms. The van der Waals surface area contributed by atoms with Crippen LogP contribution in [0.2, 0.25) is 0 Å². The summed E-state index contributed by atoms with van der Waals surface area (Å²) in [7, 11) is 1.94. The molecule has 1 saturated carbocycles. The monoisotopic (exact) mass is 320 g/mol. The number of amides is 1. The highest BCUT2D eigenvalue weighted by atomic mass is 16.5. The van der Waals surface area contributed by atoms with Crippen LogP contribution in [0.15, 0.2) is 12.4 Å². The zero-order valence-corrected chi connectivity index (χ0v) is 14.1. The third-order valence-electron chi connectivity index (χ3n) is 4.85. The van der Waals surface area contributed by atoms with Gasteiger partial charge in [-0.2, -0.15) is 5.10 Å². The zero-order valence-electron chi connectivity index (χ0n) is 14.1. The highest BCUT2D eigenvalue weighted by molar-refractivity contribution is 5.77. The Morgan fingerprint density at radius 3 is 2.78 bits per heavy atom. The van der Waals surface area contributed by atoms with Gasteiger partial charge in [0.25, 0.3) is 0 Å². The molecular formula is C17H28N4O2. The summed E-state index contributed by atoms with van der Waals surface area (Å²) in [5.41, 5.74) is 1.23. The van der Waals surface area contributed by atoms with Crippen LogP contribution in [0.1, 0.15) is 37.7 Å². The van der Waals surface area contributed by atoms with Gasteiger partial charge in [0.2, 0.25) is 5.91 Å². The number of carbonyl (C=O) groups is 1. The maximum Gasteiger partial charge on any atom is 0.248 e. The van der Waals surface area contributed by atoms with Crippen LogP contribution in [0, 0.1) is 0 Å². The van der Waals surface area contributed by atoms with E-state index in [0.29, 0.717) is 6.10 Å². The van der Waals surface area contributed by atoms with Gasteiger partial charge in [0, 0.05) is 51.5 Å². The molecule has 1 saturated heterocycles. The summed E-state index contributed by atoms with van der Waals surface area (Å²) in [5.74, 6) is 0.153. The fourth-order valence-electron chi connectivity index (χ4n) is 3.53. The molecule has 6 nitrogen and oxygen atoms in total. The number of nitrogens with zero attached hydrogens (tertiary/aromatic N) is 4. The Hall–Kier alpha value is -1.40.